The van der Waals surface area contributed by atoms with Gasteiger partial charge in [0.1, 0.15) is 11.5 Å². The Hall–Kier alpha value is -2.90. The summed E-state index contributed by atoms with van der Waals surface area (Å²) in [6, 6.07) is 10.7. The zero-order valence-electron chi connectivity index (χ0n) is 16.6. The lowest BCUT2D eigenvalue weighted by atomic mass is 10.1. The molecule has 2 aromatic rings. The molecular formula is C22H27N3O4. The quantitative estimate of drug-likeness (QED) is 0.527. The SMILES string of the molecule is Cc1cccc(C(=O)N/C(=C\c2ccco2)C(=O)NCCCN2CCOCC2)c1. The minimum absolute atomic E-state index is 0.151. The van der Waals surface area contributed by atoms with Gasteiger partial charge in [0.2, 0.25) is 0 Å². The predicted molar refractivity (Wildman–Crippen MR) is 110 cm³/mol. The first-order chi connectivity index (χ1) is 14.1. The van der Waals surface area contributed by atoms with E-state index in [0.29, 0.717) is 17.9 Å². The van der Waals surface area contributed by atoms with Crippen LogP contribution >= 0.6 is 0 Å². The molecule has 29 heavy (non-hydrogen) atoms. The van der Waals surface area contributed by atoms with Gasteiger partial charge < -0.3 is 19.8 Å². The van der Waals surface area contributed by atoms with Gasteiger partial charge in [-0.05, 0) is 44.2 Å². The highest BCUT2D eigenvalue weighted by Gasteiger charge is 2.16. The summed E-state index contributed by atoms with van der Waals surface area (Å²) in [4.78, 5) is 27.6. The number of amides is 2. The Kier molecular flexibility index (Phi) is 7.61. The molecule has 0 atom stereocenters. The number of morpholine rings is 1. The summed E-state index contributed by atoms with van der Waals surface area (Å²) in [7, 11) is 0. The fraction of sp³-hybridized carbons (Fsp3) is 0.364. The summed E-state index contributed by atoms with van der Waals surface area (Å²) < 4.78 is 10.6. The number of carbonyl (C=O) groups is 2. The number of furan rings is 1. The third kappa shape index (κ3) is 6.58. The molecule has 1 fully saturated rings. The van der Waals surface area contributed by atoms with Crippen LogP contribution in [0.3, 0.4) is 0 Å². The average molecular weight is 397 g/mol. The molecular weight excluding hydrogens is 370 g/mol. The van der Waals surface area contributed by atoms with Crippen molar-refractivity contribution in [3.63, 3.8) is 0 Å². The Morgan fingerprint density at radius 1 is 1.17 bits per heavy atom. The number of benzene rings is 1. The Morgan fingerprint density at radius 2 is 2.00 bits per heavy atom. The molecule has 1 saturated heterocycles. The highest BCUT2D eigenvalue weighted by atomic mass is 16.5. The highest BCUT2D eigenvalue weighted by molar-refractivity contribution is 6.05. The lowest BCUT2D eigenvalue weighted by Crippen LogP contribution is -2.39. The Morgan fingerprint density at radius 3 is 2.72 bits per heavy atom. The predicted octanol–water partition coefficient (Wildman–Crippen LogP) is 2.20. The molecule has 0 bridgehead atoms. The third-order valence-corrected chi connectivity index (χ3v) is 4.64. The molecule has 7 heteroatoms. The smallest absolute Gasteiger partial charge is 0.267 e. The Bertz CT molecular complexity index is 840. The van der Waals surface area contributed by atoms with Gasteiger partial charge in [0.25, 0.3) is 11.8 Å². The van der Waals surface area contributed by atoms with E-state index in [0.717, 1.165) is 44.8 Å². The van der Waals surface area contributed by atoms with Crippen LogP contribution in [0.1, 0.15) is 28.1 Å². The van der Waals surface area contributed by atoms with Crippen molar-refractivity contribution in [1.82, 2.24) is 15.5 Å². The van der Waals surface area contributed by atoms with Crippen molar-refractivity contribution in [2.45, 2.75) is 13.3 Å². The lowest BCUT2D eigenvalue weighted by Gasteiger charge is -2.26. The molecule has 1 aliphatic heterocycles. The fourth-order valence-corrected chi connectivity index (χ4v) is 3.08. The largest absolute Gasteiger partial charge is 0.465 e. The monoisotopic (exact) mass is 397 g/mol. The first kappa shape index (κ1) is 20.8. The summed E-state index contributed by atoms with van der Waals surface area (Å²) in [5.74, 6) is -0.188. The van der Waals surface area contributed by atoms with Crippen LogP contribution in [0.4, 0.5) is 0 Å². The van der Waals surface area contributed by atoms with Gasteiger partial charge in [0, 0.05) is 31.3 Å². The van der Waals surface area contributed by atoms with Gasteiger partial charge >= 0.3 is 0 Å². The van der Waals surface area contributed by atoms with Gasteiger partial charge in [0.15, 0.2) is 0 Å². The number of hydrogen-bond donors (Lipinski definition) is 2. The van der Waals surface area contributed by atoms with Gasteiger partial charge in [0.05, 0.1) is 19.5 Å². The van der Waals surface area contributed by atoms with E-state index >= 15 is 0 Å². The second-order valence-electron chi connectivity index (χ2n) is 6.96. The van der Waals surface area contributed by atoms with Crippen LogP contribution in [0.25, 0.3) is 6.08 Å². The van der Waals surface area contributed by atoms with E-state index in [1.54, 1.807) is 24.3 Å². The lowest BCUT2D eigenvalue weighted by molar-refractivity contribution is -0.117. The van der Waals surface area contributed by atoms with E-state index in [1.165, 1.54) is 12.3 Å². The molecule has 2 heterocycles. The van der Waals surface area contributed by atoms with Crippen molar-refractivity contribution in [3.8, 4) is 0 Å². The second-order valence-corrected chi connectivity index (χ2v) is 6.96. The molecule has 1 aliphatic rings. The Balaban J connectivity index is 1.59. The first-order valence-electron chi connectivity index (χ1n) is 9.83. The van der Waals surface area contributed by atoms with Crippen LogP contribution in [0.5, 0.6) is 0 Å². The van der Waals surface area contributed by atoms with E-state index in [2.05, 4.69) is 15.5 Å². The van der Waals surface area contributed by atoms with Crippen molar-refractivity contribution in [2.24, 2.45) is 0 Å². The molecule has 3 rings (SSSR count). The summed E-state index contributed by atoms with van der Waals surface area (Å²) in [5, 5.41) is 5.59. The molecule has 0 spiro atoms. The van der Waals surface area contributed by atoms with Crippen LogP contribution in [0.15, 0.2) is 52.8 Å². The molecule has 7 nitrogen and oxygen atoms in total. The van der Waals surface area contributed by atoms with Gasteiger partial charge in [-0.3, -0.25) is 14.5 Å². The number of carbonyl (C=O) groups excluding carboxylic acids is 2. The summed E-state index contributed by atoms with van der Waals surface area (Å²) in [5.41, 5.74) is 1.62. The van der Waals surface area contributed by atoms with E-state index < -0.39 is 0 Å². The molecule has 0 unspecified atom stereocenters. The Labute approximate surface area is 170 Å². The zero-order chi connectivity index (χ0) is 20.5. The fourth-order valence-electron chi connectivity index (χ4n) is 3.08. The number of rotatable bonds is 8. The normalized spacial score (nSPS) is 15.1. The summed E-state index contributed by atoms with van der Waals surface area (Å²) in [6.07, 6.45) is 3.88. The van der Waals surface area contributed by atoms with Crippen molar-refractivity contribution < 1.29 is 18.7 Å². The van der Waals surface area contributed by atoms with Crippen LogP contribution < -0.4 is 10.6 Å². The van der Waals surface area contributed by atoms with E-state index in [-0.39, 0.29) is 17.5 Å². The first-order valence-corrected chi connectivity index (χ1v) is 9.83. The van der Waals surface area contributed by atoms with Crippen LogP contribution in [-0.4, -0.2) is 56.1 Å². The van der Waals surface area contributed by atoms with Gasteiger partial charge in [-0.15, -0.1) is 0 Å². The zero-order valence-corrected chi connectivity index (χ0v) is 16.6. The maximum Gasteiger partial charge on any atom is 0.267 e. The molecule has 0 radical (unpaired) electrons. The number of nitrogens with one attached hydrogen (secondary N) is 2. The van der Waals surface area contributed by atoms with Crippen LogP contribution in [0, 0.1) is 6.92 Å². The standard InChI is InChI=1S/C22H27N3O4/c1-17-5-2-6-18(15-17)21(26)24-20(16-19-7-3-12-29-19)22(27)23-8-4-9-25-10-13-28-14-11-25/h2-3,5-7,12,15-16H,4,8-11,13-14H2,1H3,(H,23,27)(H,24,26)/b20-16-. The average Bonchev–Trinajstić information content (AvgIpc) is 3.24. The maximum atomic E-state index is 12.7. The molecule has 1 aromatic carbocycles. The van der Waals surface area contributed by atoms with E-state index in [4.69, 9.17) is 9.15 Å². The van der Waals surface area contributed by atoms with Crippen LogP contribution in [0.2, 0.25) is 0 Å². The number of hydrogen-bond acceptors (Lipinski definition) is 5. The molecule has 2 amide bonds. The van der Waals surface area contributed by atoms with Crippen molar-refractivity contribution in [3.05, 3.63) is 65.2 Å². The van der Waals surface area contributed by atoms with Crippen LogP contribution in [-0.2, 0) is 9.53 Å². The number of aryl methyl sites for hydroxylation is 1. The number of nitrogens with zero attached hydrogens (tertiary/aromatic N) is 1. The van der Waals surface area contributed by atoms with Crippen molar-refractivity contribution in [2.75, 3.05) is 39.4 Å². The summed E-state index contributed by atoms with van der Waals surface area (Å²) >= 11 is 0. The topological polar surface area (TPSA) is 83.8 Å². The molecule has 154 valence electrons. The van der Waals surface area contributed by atoms with Gasteiger partial charge in [-0.2, -0.15) is 0 Å². The summed E-state index contributed by atoms with van der Waals surface area (Å²) in [6.45, 7) is 6.69. The molecule has 0 saturated carbocycles. The third-order valence-electron chi connectivity index (χ3n) is 4.64. The van der Waals surface area contributed by atoms with Gasteiger partial charge in [-0.25, -0.2) is 0 Å². The van der Waals surface area contributed by atoms with Gasteiger partial charge in [-0.1, -0.05) is 17.7 Å². The maximum absolute atomic E-state index is 12.7. The number of ether oxygens (including phenoxy) is 1. The minimum Gasteiger partial charge on any atom is -0.465 e. The van der Waals surface area contributed by atoms with E-state index in [1.807, 2.05) is 19.1 Å². The molecule has 2 N–H and O–H groups in total. The van der Waals surface area contributed by atoms with Crippen molar-refractivity contribution >= 4 is 17.9 Å². The minimum atomic E-state index is -0.343. The second kappa shape index (κ2) is 10.6. The van der Waals surface area contributed by atoms with E-state index in [9.17, 15) is 9.59 Å². The highest BCUT2D eigenvalue weighted by Crippen LogP contribution is 2.09. The van der Waals surface area contributed by atoms with Crippen molar-refractivity contribution in [1.29, 1.82) is 0 Å². The molecule has 0 aliphatic carbocycles. The molecule has 1 aromatic heterocycles.